The molecule has 1 aromatic carbocycles. The van der Waals surface area contributed by atoms with E-state index in [0.717, 1.165) is 23.0 Å². The molecular weight excluding hydrogens is 328 g/mol. The van der Waals surface area contributed by atoms with Gasteiger partial charge in [-0.3, -0.25) is 0 Å². The lowest BCUT2D eigenvalue weighted by Gasteiger charge is -2.19. The van der Waals surface area contributed by atoms with Crippen molar-refractivity contribution in [3.05, 3.63) is 34.3 Å². The van der Waals surface area contributed by atoms with Gasteiger partial charge in [-0.15, -0.1) is 0 Å². The summed E-state index contributed by atoms with van der Waals surface area (Å²) < 4.78 is 23.2. The summed E-state index contributed by atoms with van der Waals surface area (Å²) in [4.78, 5) is 2.00. The minimum absolute atomic E-state index is 0.0451. The van der Waals surface area contributed by atoms with Crippen molar-refractivity contribution in [2.45, 2.75) is 12.5 Å². The maximum absolute atomic E-state index is 11.1. The monoisotopic (exact) mass is 348 g/mol. The summed E-state index contributed by atoms with van der Waals surface area (Å²) in [6.45, 7) is 1.32. The van der Waals surface area contributed by atoms with Crippen molar-refractivity contribution in [3.63, 3.8) is 0 Å². The van der Waals surface area contributed by atoms with Crippen LogP contribution in [0.1, 0.15) is 18.0 Å². The summed E-state index contributed by atoms with van der Waals surface area (Å²) in [5.74, 6) is 0.188. The van der Waals surface area contributed by atoms with Crippen molar-refractivity contribution >= 4 is 25.8 Å². The standard InChI is InChI=1S/C13H21BrN2O2S/c1-16(9-10-19(2,17)18)8-7-13(15)11-5-3-4-6-12(11)14/h3-6,13H,7-10,15H2,1-2H3. The van der Waals surface area contributed by atoms with E-state index in [0.29, 0.717) is 6.54 Å². The third-order valence-corrected chi connectivity index (χ3v) is 4.62. The molecule has 0 aliphatic heterocycles. The first kappa shape index (κ1) is 16.6. The Bertz CT molecular complexity index is 505. The van der Waals surface area contributed by atoms with Gasteiger partial charge in [0, 0.05) is 23.3 Å². The molecule has 1 unspecified atom stereocenters. The second-order valence-electron chi connectivity index (χ2n) is 4.85. The Morgan fingerprint density at radius 3 is 2.53 bits per heavy atom. The molecule has 0 fully saturated rings. The molecule has 0 aliphatic rings. The highest BCUT2D eigenvalue weighted by molar-refractivity contribution is 9.10. The van der Waals surface area contributed by atoms with Gasteiger partial charge in [-0.25, -0.2) is 8.42 Å². The fourth-order valence-corrected chi connectivity index (χ4v) is 2.95. The van der Waals surface area contributed by atoms with Crippen LogP contribution < -0.4 is 5.73 Å². The van der Waals surface area contributed by atoms with E-state index in [9.17, 15) is 8.42 Å². The molecule has 0 aliphatic carbocycles. The van der Waals surface area contributed by atoms with Crippen LogP contribution in [0.25, 0.3) is 0 Å². The van der Waals surface area contributed by atoms with Crippen molar-refractivity contribution in [2.24, 2.45) is 5.73 Å². The molecule has 0 aromatic heterocycles. The molecule has 1 atom stereocenters. The highest BCUT2D eigenvalue weighted by Crippen LogP contribution is 2.23. The van der Waals surface area contributed by atoms with Gasteiger partial charge in [0.2, 0.25) is 0 Å². The van der Waals surface area contributed by atoms with Crippen LogP contribution in [0.5, 0.6) is 0 Å². The summed E-state index contributed by atoms with van der Waals surface area (Å²) in [6, 6.07) is 7.86. The minimum Gasteiger partial charge on any atom is -0.324 e. The van der Waals surface area contributed by atoms with Crippen LogP contribution in [0.2, 0.25) is 0 Å². The fraction of sp³-hybridized carbons (Fsp3) is 0.538. The van der Waals surface area contributed by atoms with E-state index in [2.05, 4.69) is 15.9 Å². The third-order valence-electron chi connectivity index (χ3n) is 2.97. The lowest BCUT2D eigenvalue weighted by Crippen LogP contribution is -2.28. The Labute approximate surface area is 124 Å². The van der Waals surface area contributed by atoms with Crippen LogP contribution in [-0.2, 0) is 9.84 Å². The maximum atomic E-state index is 11.1. The van der Waals surface area contributed by atoms with Crippen LogP contribution in [0, 0.1) is 0 Å². The number of nitrogens with two attached hydrogens (primary N) is 1. The summed E-state index contributed by atoms with van der Waals surface area (Å²) in [6.07, 6.45) is 2.05. The molecule has 0 saturated carbocycles. The molecule has 6 heteroatoms. The zero-order valence-corrected chi connectivity index (χ0v) is 13.7. The summed E-state index contributed by atoms with van der Waals surface area (Å²) in [7, 11) is -0.982. The van der Waals surface area contributed by atoms with Crippen molar-refractivity contribution in [2.75, 3.05) is 32.1 Å². The van der Waals surface area contributed by atoms with Crippen LogP contribution in [0.3, 0.4) is 0 Å². The second-order valence-corrected chi connectivity index (χ2v) is 7.96. The second kappa shape index (κ2) is 7.38. The van der Waals surface area contributed by atoms with Crippen LogP contribution in [0.4, 0.5) is 0 Å². The number of sulfone groups is 1. The smallest absolute Gasteiger partial charge is 0.148 e. The summed E-state index contributed by atoms with van der Waals surface area (Å²) >= 11 is 3.49. The molecule has 0 amide bonds. The number of hydrogen-bond acceptors (Lipinski definition) is 4. The molecule has 19 heavy (non-hydrogen) atoms. The predicted molar refractivity (Wildman–Crippen MR) is 82.9 cm³/mol. The average Bonchev–Trinajstić information content (AvgIpc) is 2.33. The molecule has 108 valence electrons. The van der Waals surface area contributed by atoms with Crippen LogP contribution in [0.15, 0.2) is 28.7 Å². The molecule has 0 spiro atoms. The van der Waals surface area contributed by atoms with Gasteiger partial charge in [0.1, 0.15) is 9.84 Å². The molecule has 2 N–H and O–H groups in total. The highest BCUT2D eigenvalue weighted by atomic mass is 79.9. The van der Waals surface area contributed by atoms with Gasteiger partial charge in [0.15, 0.2) is 0 Å². The normalized spacial score (nSPS) is 13.7. The van der Waals surface area contributed by atoms with E-state index in [4.69, 9.17) is 5.73 Å². The topological polar surface area (TPSA) is 63.4 Å². The Balaban J connectivity index is 2.42. The molecule has 4 nitrogen and oxygen atoms in total. The van der Waals surface area contributed by atoms with Gasteiger partial charge in [-0.2, -0.15) is 0 Å². The Morgan fingerprint density at radius 1 is 1.32 bits per heavy atom. The van der Waals surface area contributed by atoms with E-state index in [-0.39, 0.29) is 11.8 Å². The Kier molecular flexibility index (Phi) is 6.46. The number of nitrogens with zero attached hydrogens (tertiary/aromatic N) is 1. The largest absolute Gasteiger partial charge is 0.324 e. The zero-order chi connectivity index (χ0) is 14.5. The van der Waals surface area contributed by atoms with E-state index >= 15 is 0 Å². The predicted octanol–water partition coefficient (Wildman–Crippen LogP) is 1.82. The van der Waals surface area contributed by atoms with Gasteiger partial charge >= 0.3 is 0 Å². The molecule has 0 bridgehead atoms. The Hall–Kier alpha value is -0.430. The van der Waals surface area contributed by atoms with Gasteiger partial charge in [-0.1, -0.05) is 34.1 Å². The van der Waals surface area contributed by atoms with Crippen molar-refractivity contribution in [1.82, 2.24) is 4.90 Å². The van der Waals surface area contributed by atoms with Gasteiger partial charge in [0.25, 0.3) is 0 Å². The molecule has 0 heterocycles. The van der Waals surface area contributed by atoms with Gasteiger partial charge in [0.05, 0.1) is 5.75 Å². The lowest BCUT2D eigenvalue weighted by molar-refractivity contribution is 0.335. The molecule has 0 radical (unpaired) electrons. The molecule has 1 aromatic rings. The van der Waals surface area contributed by atoms with Crippen molar-refractivity contribution in [3.8, 4) is 0 Å². The SMILES string of the molecule is CN(CCC(N)c1ccccc1Br)CCS(C)(=O)=O. The first-order chi connectivity index (χ1) is 8.79. The zero-order valence-electron chi connectivity index (χ0n) is 11.3. The minimum atomic E-state index is -2.90. The Morgan fingerprint density at radius 2 is 1.95 bits per heavy atom. The summed E-state index contributed by atoms with van der Waals surface area (Å²) in [5, 5.41) is 0. The number of rotatable bonds is 7. The first-order valence-corrected chi connectivity index (χ1v) is 9.01. The third kappa shape index (κ3) is 6.51. The van der Waals surface area contributed by atoms with E-state index < -0.39 is 9.84 Å². The number of hydrogen-bond donors (Lipinski definition) is 1. The van der Waals surface area contributed by atoms with Gasteiger partial charge in [-0.05, 0) is 31.6 Å². The molecule has 0 saturated heterocycles. The quantitative estimate of drug-likeness (QED) is 0.816. The van der Waals surface area contributed by atoms with Crippen molar-refractivity contribution < 1.29 is 8.42 Å². The van der Waals surface area contributed by atoms with Crippen LogP contribution in [-0.4, -0.2) is 45.5 Å². The highest BCUT2D eigenvalue weighted by Gasteiger charge is 2.11. The fourth-order valence-electron chi connectivity index (χ4n) is 1.72. The maximum Gasteiger partial charge on any atom is 0.148 e. The van der Waals surface area contributed by atoms with E-state index in [1.54, 1.807) is 0 Å². The summed E-state index contributed by atoms with van der Waals surface area (Å²) in [5.41, 5.74) is 7.23. The average molecular weight is 349 g/mol. The first-order valence-electron chi connectivity index (χ1n) is 6.16. The number of benzene rings is 1. The number of halogens is 1. The van der Waals surface area contributed by atoms with E-state index in [1.807, 2.05) is 36.2 Å². The van der Waals surface area contributed by atoms with Crippen LogP contribution >= 0.6 is 15.9 Å². The van der Waals surface area contributed by atoms with Crippen molar-refractivity contribution in [1.29, 1.82) is 0 Å². The van der Waals surface area contributed by atoms with E-state index in [1.165, 1.54) is 6.26 Å². The van der Waals surface area contributed by atoms with Gasteiger partial charge < -0.3 is 10.6 Å². The molecule has 1 rings (SSSR count). The lowest BCUT2D eigenvalue weighted by atomic mass is 10.0. The molecular formula is C13H21BrN2O2S.